The van der Waals surface area contributed by atoms with Gasteiger partial charge >= 0.3 is 12.0 Å². The lowest BCUT2D eigenvalue weighted by molar-refractivity contribution is -0.138. The molecule has 0 saturated heterocycles. The average molecular weight is 481 g/mol. The molecule has 1 aliphatic carbocycles. The van der Waals surface area contributed by atoms with Crippen LogP contribution in [0.15, 0.2) is 48.5 Å². The number of hydrogen-bond donors (Lipinski definition) is 5. The fourth-order valence-electron chi connectivity index (χ4n) is 4.20. The zero-order valence-electron chi connectivity index (χ0n) is 20.0. The number of anilines is 3. The maximum Gasteiger partial charge on any atom is 0.323 e. The number of hydrogen-bond acceptors (Lipinski definition) is 4. The number of aryl methyl sites for hydroxylation is 1. The van der Waals surface area contributed by atoms with Crippen LogP contribution >= 0.6 is 0 Å². The number of amides is 4. The Morgan fingerprint density at radius 3 is 2.23 bits per heavy atom. The molecule has 0 bridgehead atoms. The second-order valence-corrected chi connectivity index (χ2v) is 9.14. The Bertz CT molecular complexity index is 1070. The minimum atomic E-state index is -0.919. The molecular weight excluding hydrogens is 448 g/mol. The van der Waals surface area contributed by atoms with Gasteiger partial charge in [-0.3, -0.25) is 14.4 Å². The van der Waals surface area contributed by atoms with Gasteiger partial charge < -0.3 is 26.4 Å². The number of carbonyl (C=O) groups is 4. The lowest BCUT2D eigenvalue weighted by Crippen LogP contribution is -2.34. The SMILES string of the molecule is Cc1ccccc1NC(=O)Nc1ccc(NC(=O)[C@@H]2CC[C@H](NC(=O)C[C@@H](C)CC(=O)O)C2)cc1. The summed E-state index contributed by atoms with van der Waals surface area (Å²) in [6.07, 6.45) is 2.03. The molecule has 4 amide bonds. The Morgan fingerprint density at radius 2 is 1.57 bits per heavy atom. The van der Waals surface area contributed by atoms with Crippen LogP contribution in [-0.2, 0) is 14.4 Å². The molecule has 0 heterocycles. The molecule has 9 heteroatoms. The maximum atomic E-state index is 12.7. The fourth-order valence-corrected chi connectivity index (χ4v) is 4.20. The molecule has 1 aliphatic rings. The summed E-state index contributed by atoms with van der Waals surface area (Å²) >= 11 is 0. The minimum absolute atomic E-state index is 0.0468. The third-order valence-corrected chi connectivity index (χ3v) is 6.03. The lowest BCUT2D eigenvalue weighted by Gasteiger charge is -2.15. The molecule has 0 spiro atoms. The van der Waals surface area contributed by atoms with Gasteiger partial charge in [0.1, 0.15) is 0 Å². The third-order valence-electron chi connectivity index (χ3n) is 6.03. The number of urea groups is 1. The molecule has 0 aromatic heterocycles. The largest absolute Gasteiger partial charge is 0.481 e. The molecule has 5 N–H and O–H groups in total. The number of para-hydroxylation sites is 1. The number of carboxylic acids is 1. The molecular formula is C26H32N4O5. The van der Waals surface area contributed by atoms with Crippen molar-refractivity contribution in [1.82, 2.24) is 5.32 Å². The number of nitrogens with one attached hydrogen (secondary N) is 4. The average Bonchev–Trinajstić information content (AvgIpc) is 3.24. The van der Waals surface area contributed by atoms with Gasteiger partial charge in [-0.1, -0.05) is 25.1 Å². The Balaban J connectivity index is 1.43. The molecule has 0 aliphatic heterocycles. The number of benzene rings is 2. The van der Waals surface area contributed by atoms with E-state index in [1.807, 2.05) is 31.2 Å². The molecule has 0 unspecified atom stereocenters. The summed E-state index contributed by atoms with van der Waals surface area (Å²) in [5.41, 5.74) is 2.90. The first-order valence-electron chi connectivity index (χ1n) is 11.8. The van der Waals surface area contributed by atoms with Gasteiger partial charge in [-0.25, -0.2) is 4.79 Å². The quantitative estimate of drug-likeness (QED) is 0.363. The highest BCUT2D eigenvalue weighted by Gasteiger charge is 2.31. The van der Waals surface area contributed by atoms with Crippen LogP contribution in [0.5, 0.6) is 0 Å². The number of carboxylic acid groups (broad SMARTS) is 1. The first kappa shape index (κ1) is 25.7. The molecule has 35 heavy (non-hydrogen) atoms. The molecule has 186 valence electrons. The number of aliphatic carboxylic acids is 1. The summed E-state index contributed by atoms with van der Waals surface area (Å²) in [6.45, 7) is 3.65. The van der Waals surface area contributed by atoms with Crippen LogP contribution in [0.25, 0.3) is 0 Å². The van der Waals surface area contributed by atoms with Gasteiger partial charge in [-0.2, -0.15) is 0 Å². The second kappa shape index (κ2) is 12.0. The van der Waals surface area contributed by atoms with Crippen LogP contribution in [0.3, 0.4) is 0 Å². The van der Waals surface area contributed by atoms with Gasteiger partial charge in [-0.15, -0.1) is 0 Å². The molecule has 3 atom stereocenters. The third kappa shape index (κ3) is 8.13. The summed E-state index contributed by atoms with van der Waals surface area (Å²) in [4.78, 5) is 47.8. The summed E-state index contributed by atoms with van der Waals surface area (Å²) in [5, 5.41) is 20.2. The standard InChI is InChI=1S/C26H32N4O5/c1-16(14-24(32)33)13-23(31)27-21-8-7-18(15-21)25(34)28-19-9-11-20(12-10-19)29-26(35)30-22-6-4-3-5-17(22)2/h3-6,9-12,16,18,21H,7-8,13-15H2,1-2H3,(H,27,31)(H,28,34)(H,32,33)(H2,29,30,35)/t16-,18-,21+/m1/s1. The lowest BCUT2D eigenvalue weighted by atomic mass is 10.0. The van der Waals surface area contributed by atoms with Crippen LogP contribution in [0.2, 0.25) is 0 Å². The van der Waals surface area contributed by atoms with Crippen LogP contribution in [0, 0.1) is 18.8 Å². The molecule has 3 rings (SSSR count). The number of rotatable bonds is 9. The Labute approximate surface area is 204 Å². The van der Waals surface area contributed by atoms with Crippen molar-refractivity contribution in [2.75, 3.05) is 16.0 Å². The van der Waals surface area contributed by atoms with Gasteiger partial charge in [0.25, 0.3) is 0 Å². The zero-order valence-corrected chi connectivity index (χ0v) is 20.0. The monoisotopic (exact) mass is 480 g/mol. The van der Waals surface area contributed by atoms with Gasteiger partial charge in [0.2, 0.25) is 11.8 Å². The molecule has 0 radical (unpaired) electrons. The van der Waals surface area contributed by atoms with E-state index in [1.54, 1.807) is 31.2 Å². The summed E-state index contributed by atoms with van der Waals surface area (Å²) in [7, 11) is 0. The van der Waals surface area contributed by atoms with Crippen molar-refractivity contribution in [2.45, 2.75) is 52.0 Å². The Morgan fingerprint density at radius 1 is 0.914 bits per heavy atom. The van der Waals surface area contributed by atoms with Crippen molar-refractivity contribution in [3.05, 3.63) is 54.1 Å². The van der Waals surface area contributed by atoms with E-state index in [0.29, 0.717) is 30.6 Å². The molecule has 1 saturated carbocycles. The fraction of sp³-hybridized carbons (Fsp3) is 0.385. The van der Waals surface area contributed by atoms with Gasteiger partial charge in [0.05, 0.1) is 0 Å². The smallest absolute Gasteiger partial charge is 0.323 e. The highest BCUT2D eigenvalue weighted by Crippen LogP contribution is 2.27. The van der Waals surface area contributed by atoms with E-state index in [2.05, 4.69) is 21.3 Å². The number of carbonyl (C=O) groups excluding carboxylic acids is 3. The molecule has 9 nitrogen and oxygen atoms in total. The van der Waals surface area contributed by atoms with Gasteiger partial charge in [0, 0.05) is 41.9 Å². The Kier molecular flexibility index (Phi) is 8.83. The van der Waals surface area contributed by atoms with Crippen molar-refractivity contribution in [3.8, 4) is 0 Å². The van der Waals surface area contributed by atoms with E-state index in [9.17, 15) is 19.2 Å². The van der Waals surface area contributed by atoms with E-state index in [-0.39, 0.29) is 48.6 Å². The normalized spacial score (nSPS) is 17.8. The van der Waals surface area contributed by atoms with Crippen molar-refractivity contribution in [2.24, 2.45) is 11.8 Å². The summed E-state index contributed by atoms with van der Waals surface area (Å²) < 4.78 is 0. The highest BCUT2D eigenvalue weighted by molar-refractivity contribution is 6.00. The first-order chi connectivity index (χ1) is 16.7. The van der Waals surface area contributed by atoms with E-state index >= 15 is 0 Å². The van der Waals surface area contributed by atoms with Gasteiger partial charge in [-0.05, 0) is 68.0 Å². The minimum Gasteiger partial charge on any atom is -0.481 e. The van der Waals surface area contributed by atoms with Crippen LogP contribution in [0.1, 0.15) is 44.6 Å². The Hall–Kier alpha value is -3.88. The molecule has 1 fully saturated rings. The predicted octanol–water partition coefficient (Wildman–Crippen LogP) is 4.36. The van der Waals surface area contributed by atoms with Gasteiger partial charge in [0.15, 0.2) is 0 Å². The predicted molar refractivity (Wildman–Crippen MR) is 134 cm³/mol. The van der Waals surface area contributed by atoms with Crippen molar-refractivity contribution in [3.63, 3.8) is 0 Å². The van der Waals surface area contributed by atoms with Crippen molar-refractivity contribution >= 4 is 40.9 Å². The zero-order chi connectivity index (χ0) is 25.4. The molecule has 2 aromatic carbocycles. The van der Waals surface area contributed by atoms with Crippen LogP contribution in [-0.4, -0.2) is 35.0 Å². The van der Waals surface area contributed by atoms with E-state index in [1.165, 1.54) is 0 Å². The van der Waals surface area contributed by atoms with Crippen LogP contribution < -0.4 is 21.3 Å². The van der Waals surface area contributed by atoms with Crippen molar-refractivity contribution < 1.29 is 24.3 Å². The van der Waals surface area contributed by atoms with E-state index in [4.69, 9.17) is 5.11 Å². The van der Waals surface area contributed by atoms with Crippen molar-refractivity contribution in [1.29, 1.82) is 0 Å². The van der Waals surface area contributed by atoms with E-state index < -0.39 is 5.97 Å². The maximum absolute atomic E-state index is 12.7. The summed E-state index contributed by atoms with van der Waals surface area (Å²) in [5.74, 6) is -1.66. The molecule has 2 aromatic rings. The van der Waals surface area contributed by atoms with E-state index in [0.717, 1.165) is 11.3 Å². The first-order valence-corrected chi connectivity index (χ1v) is 11.8. The highest BCUT2D eigenvalue weighted by atomic mass is 16.4. The topological polar surface area (TPSA) is 137 Å². The van der Waals surface area contributed by atoms with Crippen LogP contribution in [0.4, 0.5) is 21.9 Å². The summed E-state index contributed by atoms with van der Waals surface area (Å²) in [6, 6.07) is 13.9. The second-order valence-electron chi connectivity index (χ2n) is 9.14.